The molecule has 124 valence electrons. The minimum atomic E-state index is 0.0434. The van der Waals surface area contributed by atoms with E-state index in [0.29, 0.717) is 11.3 Å². The van der Waals surface area contributed by atoms with Crippen LogP contribution in [0.15, 0.2) is 33.3 Å². The Kier molecular flexibility index (Phi) is 3.59. The van der Waals surface area contributed by atoms with Gasteiger partial charge in [0.2, 0.25) is 5.91 Å². The molecule has 0 spiro atoms. The fourth-order valence-corrected chi connectivity index (χ4v) is 3.64. The Morgan fingerprint density at radius 1 is 1.25 bits per heavy atom. The van der Waals surface area contributed by atoms with E-state index in [4.69, 9.17) is 9.05 Å². The molecule has 1 saturated heterocycles. The van der Waals surface area contributed by atoms with Crippen LogP contribution in [0.3, 0.4) is 0 Å². The van der Waals surface area contributed by atoms with Gasteiger partial charge in [0.1, 0.15) is 11.5 Å². The lowest BCUT2D eigenvalue weighted by Gasteiger charge is -2.24. The highest BCUT2D eigenvalue weighted by Crippen LogP contribution is 2.36. The van der Waals surface area contributed by atoms with Gasteiger partial charge in [-0.05, 0) is 38.8 Å². The first-order chi connectivity index (χ1) is 11.6. The second kappa shape index (κ2) is 5.78. The van der Waals surface area contributed by atoms with E-state index >= 15 is 0 Å². The lowest BCUT2D eigenvalue weighted by molar-refractivity contribution is -0.131. The summed E-state index contributed by atoms with van der Waals surface area (Å²) in [7, 11) is 0. The Morgan fingerprint density at radius 2 is 2.08 bits per heavy atom. The third-order valence-electron chi connectivity index (χ3n) is 4.77. The third kappa shape index (κ3) is 2.38. The molecule has 6 nitrogen and oxygen atoms in total. The number of carbonyl (C=O) groups is 1. The van der Waals surface area contributed by atoms with Gasteiger partial charge in [-0.3, -0.25) is 4.79 Å². The van der Waals surface area contributed by atoms with Gasteiger partial charge >= 0.3 is 0 Å². The van der Waals surface area contributed by atoms with Crippen LogP contribution in [0.25, 0.3) is 11.0 Å². The summed E-state index contributed by atoms with van der Waals surface area (Å²) in [5, 5.41) is 9.01. The normalized spacial score (nSPS) is 17.8. The summed E-state index contributed by atoms with van der Waals surface area (Å²) in [6, 6.07) is 7.66. The number of aryl methyl sites for hydroxylation is 2. The molecule has 0 radical (unpaired) electrons. The quantitative estimate of drug-likeness (QED) is 0.738. The van der Waals surface area contributed by atoms with Crippen molar-refractivity contribution in [3.8, 4) is 0 Å². The van der Waals surface area contributed by atoms with Crippen molar-refractivity contribution in [1.29, 1.82) is 0 Å². The molecule has 1 fully saturated rings. The molecule has 2 aromatic heterocycles. The first kappa shape index (κ1) is 14.9. The predicted molar refractivity (Wildman–Crippen MR) is 87.4 cm³/mol. The van der Waals surface area contributed by atoms with Gasteiger partial charge in [-0.1, -0.05) is 22.4 Å². The number of carbonyl (C=O) groups excluding carboxylic acids is 1. The molecule has 0 unspecified atom stereocenters. The van der Waals surface area contributed by atoms with Gasteiger partial charge in [0, 0.05) is 17.5 Å². The summed E-state index contributed by atoms with van der Waals surface area (Å²) >= 11 is 0. The maximum absolute atomic E-state index is 12.9. The zero-order valence-electron chi connectivity index (χ0n) is 13.8. The number of rotatable bonds is 3. The Hall–Kier alpha value is -2.63. The van der Waals surface area contributed by atoms with Crippen LogP contribution in [-0.4, -0.2) is 27.7 Å². The van der Waals surface area contributed by atoms with Crippen molar-refractivity contribution in [2.75, 3.05) is 6.54 Å². The number of amides is 1. The minimum Gasteiger partial charge on any atom is -0.361 e. The van der Waals surface area contributed by atoms with Crippen molar-refractivity contribution in [2.45, 2.75) is 39.2 Å². The fraction of sp³-hybridized carbons (Fsp3) is 0.389. The molecule has 4 rings (SSSR count). The van der Waals surface area contributed by atoms with Gasteiger partial charge in [-0.25, -0.2) is 0 Å². The topological polar surface area (TPSA) is 72.4 Å². The highest BCUT2D eigenvalue weighted by Gasteiger charge is 2.34. The molecule has 6 heteroatoms. The van der Waals surface area contributed by atoms with E-state index in [-0.39, 0.29) is 18.4 Å². The van der Waals surface area contributed by atoms with E-state index in [2.05, 4.69) is 10.3 Å². The van der Waals surface area contributed by atoms with Crippen LogP contribution in [-0.2, 0) is 11.2 Å². The molecular formula is C18H19N3O3. The van der Waals surface area contributed by atoms with Crippen molar-refractivity contribution in [3.63, 3.8) is 0 Å². The lowest BCUT2D eigenvalue weighted by Crippen LogP contribution is -2.32. The van der Waals surface area contributed by atoms with Gasteiger partial charge in [0.05, 0.1) is 18.2 Å². The summed E-state index contributed by atoms with van der Waals surface area (Å²) in [6.45, 7) is 4.59. The van der Waals surface area contributed by atoms with Crippen LogP contribution in [0.4, 0.5) is 0 Å². The molecule has 0 saturated carbocycles. The lowest BCUT2D eigenvalue weighted by atomic mass is 10.0. The third-order valence-corrected chi connectivity index (χ3v) is 4.77. The van der Waals surface area contributed by atoms with Crippen LogP contribution < -0.4 is 0 Å². The summed E-state index contributed by atoms with van der Waals surface area (Å²) < 4.78 is 10.6. The summed E-state index contributed by atoms with van der Waals surface area (Å²) in [4.78, 5) is 14.8. The van der Waals surface area contributed by atoms with Crippen molar-refractivity contribution in [2.24, 2.45) is 0 Å². The molecule has 24 heavy (non-hydrogen) atoms. The number of para-hydroxylation sites is 1. The van der Waals surface area contributed by atoms with Gasteiger partial charge in [-0.2, -0.15) is 0 Å². The number of hydrogen-bond donors (Lipinski definition) is 0. The number of nitrogens with zero attached hydrogens (tertiary/aromatic N) is 3. The first-order valence-corrected chi connectivity index (χ1v) is 8.20. The maximum Gasteiger partial charge on any atom is 0.229 e. The van der Waals surface area contributed by atoms with Gasteiger partial charge in [0.15, 0.2) is 5.58 Å². The molecule has 3 heterocycles. The van der Waals surface area contributed by atoms with Crippen molar-refractivity contribution < 1.29 is 13.8 Å². The SMILES string of the molecule is Cc1noc(C)c1[C@@H]1CCCN1C(=O)Cc1noc2ccccc12. The predicted octanol–water partition coefficient (Wildman–Crippen LogP) is 3.34. The van der Waals surface area contributed by atoms with Crippen molar-refractivity contribution >= 4 is 16.9 Å². The summed E-state index contributed by atoms with van der Waals surface area (Å²) in [5.41, 5.74) is 3.32. The molecule has 1 amide bonds. The van der Waals surface area contributed by atoms with E-state index in [1.54, 1.807) is 0 Å². The molecule has 0 N–H and O–H groups in total. The molecule has 1 aliphatic heterocycles. The molecule has 1 aromatic carbocycles. The summed E-state index contributed by atoms with van der Waals surface area (Å²) in [5.74, 6) is 0.862. The molecule has 1 aliphatic rings. The molecule has 0 bridgehead atoms. The Bertz CT molecular complexity index is 876. The smallest absolute Gasteiger partial charge is 0.229 e. The van der Waals surface area contributed by atoms with E-state index in [9.17, 15) is 4.79 Å². The first-order valence-electron chi connectivity index (χ1n) is 8.20. The Morgan fingerprint density at radius 3 is 2.88 bits per heavy atom. The van der Waals surface area contributed by atoms with Crippen LogP contribution in [0.2, 0.25) is 0 Å². The number of benzene rings is 1. The van der Waals surface area contributed by atoms with Gasteiger partial charge < -0.3 is 13.9 Å². The van der Waals surface area contributed by atoms with Crippen LogP contribution in [0, 0.1) is 13.8 Å². The average molecular weight is 325 g/mol. The number of fused-ring (bicyclic) bond motifs is 1. The maximum atomic E-state index is 12.9. The fourth-order valence-electron chi connectivity index (χ4n) is 3.64. The standard InChI is InChI=1S/C18H19N3O3/c1-11-18(12(2)23-19-11)15-7-5-9-21(15)17(22)10-14-13-6-3-4-8-16(13)24-20-14/h3-4,6,8,15H,5,7,9-10H2,1-2H3/t15-/m0/s1. The summed E-state index contributed by atoms with van der Waals surface area (Å²) in [6.07, 6.45) is 2.17. The van der Waals surface area contributed by atoms with Gasteiger partial charge in [0.25, 0.3) is 0 Å². The molecule has 3 aromatic rings. The number of aromatic nitrogens is 2. The zero-order valence-corrected chi connectivity index (χ0v) is 13.8. The zero-order chi connectivity index (χ0) is 16.7. The van der Waals surface area contributed by atoms with Crippen LogP contribution >= 0.6 is 0 Å². The van der Waals surface area contributed by atoms with Crippen LogP contribution in [0.5, 0.6) is 0 Å². The molecule has 0 aliphatic carbocycles. The van der Waals surface area contributed by atoms with E-state index in [1.165, 1.54) is 0 Å². The Balaban J connectivity index is 1.59. The van der Waals surface area contributed by atoms with E-state index in [0.717, 1.165) is 41.8 Å². The number of likely N-dealkylation sites (tertiary alicyclic amines) is 1. The molecule has 1 atom stereocenters. The van der Waals surface area contributed by atoms with Crippen LogP contribution in [0.1, 0.15) is 41.6 Å². The minimum absolute atomic E-state index is 0.0434. The number of hydrogen-bond acceptors (Lipinski definition) is 5. The molecular weight excluding hydrogens is 306 g/mol. The monoisotopic (exact) mass is 325 g/mol. The highest BCUT2D eigenvalue weighted by atomic mass is 16.5. The van der Waals surface area contributed by atoms with E-state index in [1.807, 2.05) is 43.0 Å². The van der Waals surface area contributed by atoms with Crippen molar-refractivity contribution in [3.05, 3.63) is 47.0 Å². The Labute approximate surface area is 139 Å². The van der Waals surface area contributed by atoms with E-state index < -0.39 is 0 Å². The highest BCUT2D eigenvalue weighted by molar-refractivity contribution is 5.86. The average Bonchev–Trinajstić information content (AvgIpc) is 3.27. The van der Waals surface area contributed by atoms with Gasteiger partial charge in [-0.15, -0.1) is 0 Å². The largest absolute Gasteiger partial charge is 0.361 e. The second-order valence-corrected chi connectivity index (χ2v) is 6.29. The van der Waals surface area contributed by atoms with Crippen molar-refractivity contribution in [1.82, 2.24) is 15.2 Å². The second-order valence-electron chi connectivity index (χ2n) is 6.29.